The number of carbonyl (C=O) groups excluding carboxylic acids is 1. The van der Waals surface area contributed by atoms with Crippen molar-refractivity contribution >= 4 is 56.9 Å². The minimum Gasteiger partial charge on any atom is -0.497 e. The van der Waals surface area contributed by atoms with E-state index in [2.05, 4.69) is 16.7 Å². The predicted octanol–water partition coefficient (Wildman–Crippen LogP) is 4.59. The third-order valence-electron chi connectivity index (χ3n) is 4.34. The topological polar surface area (TPSA) is 34.5 Å². The van der Waals surface area contributed by atoms with E-state index < -0.39 is 0 Å². The fourth-order valence-electron chi connectivity index (χ4n) is 3.05. The first kappa shape index (κ1) is 16.9. The van der Waals surface area contributed by atoms with Gasteiger partial charge in [-0.05, 0) is 36.4 Å². The summed E-state index contributed by atoms with van der Waals surface area (Å²) in [6.07, 6.45) is 3.95. The van der Waals surface area contributed by atoms with Crippen LogP contribution in [0.2, 0.25) is 0 Å². The Bertz CT molecular complexity index is 1050. The molecule has 3 aromatic rings. The molecule has 0 saturated carbocycles. The summed E-state index contributed by atoms with van der Waals surface area (Å²) in [5.74, 6) is 0.642. The number of nitrogens with zero attached hydrogens (tertiary/aromatic N) is 2. The van der Waals surface area contributed by atoms with Gasteiger partial charge in [0.05, 0.1) is 17.7 Å². The second kappa shape index (κ2) is 6.63. The number of thiocarbonyl (C=S) groups is 1. The monoisotopic (exact) mass is 380 g/mol. The van der Waals surface area contributed by atoms with Gasteiger partial charge in [-0.15, -0.1) is 0 Å². The first-order chi connectivity index (χ1) is 12.6. The standard InChI is InChI=1S/C20H16N2O2S2/c1-21-12-13(16-5-3-4-6-17(16)21)11-18-19(23)22(20(25)26-18)14-7-9-15(24-2)10-8-14/h3-12H,1-2H3/b18-11+. The van der Waals surface area contributed by atoms with Gasteiger partial charge in [0.1, 0.15) is 5.75 Å². The zero-order chi connectivity index (χ0) is 18.3. The molecule has 1 fully saturated rings. The molecule has 130 valence electrons. The van der Waals surface area contributed by atoms with Crippen LogP contribution < -0.4 is 9.64 Å². The number of thioether (sulfide) groups is 1. The number of ether oxygens (including phenoxy) is 1. The van der Waals surface area contributed by atoms with Crippen molar-refractivity contribution in [2.75, 3.05) is 12.0 Å². The van der Waals surface area contributed by atoms with E-state index in [1.807, 2.05) is 55.7 Å². The first-order valence-electron chi connectivity index (χ1n) is 8.04. The van der Waals surface area contributed by atoms with E-state index in [0.717, 1.165) is 27.9 Å². The largest absolute Gasteiger partial charge is 0.497 e. The van der Waals surface area contributed by atoms with Crippen LogP contribution in [-0.2, 0) is 11.8 Å². The van der Waals surface area contributed by atoms with Gasteiger partial charge < -0.3 is 9.30 Å². The van der Waals surface area contributed by atoms with Crippen molar-refractivity contribution in [3.63, 3.8) is 0 Å². The van der Waals surface area contributed by atoms with Crippen LogP contribution in [0, 0.1) is 0 Å². The molecule has 1 saturated heterocycles. The second-order valence-electron chi connectivity index (χ2n) is 5.93. The van der Waals surface area contributed by atoms with Gasteiger partial charge in [0.2, 0.25) is 0 Å². The van der Waals surface area contributed by atoms with Gasteiger partial charge in [-0.1, -0.05) is 42.2 Å². The molecule has 4 nitrogen and oxygen atoms in total. The van der Waals surface area contributed by atoms with Crippen LogP contribution in [0.25, 0.3) is 17.0 Å². The van der Waals surface area contributed by atoms with Gasteiger partial charge in [0.25, 0.3) is 5.91 Å². The average Bonchev–Trinajstić information content (AvgIpc) is 3.12. The quantitative estimate of drug-likeness (QED) is 0.492. The normalized spacial score (nSPS) is 16.1. The van der Waals surface area contributed by atoms with Gasteiger partial charge >= 0.3 is 0 Å². The third-order valence-corrected chi connectivity index (χ3v) is 5.64. The molecule has 26 heavy (non-hydrogen) atoms. The highest BCUT2D eigenvalue weighted by atomic mass is 32.2. The summed E-state index contributed by atoms with van der Waals surface area (Å²) in [5.41, 5.74) is 2.89. The minimum atomic E-state index is -0.0990. The molecule has 0 N–H and O–H groups in total. The van der Waals surface area contributed by atoms with Gasteiger partial charge in [0.15, 0.2) is 4.32 Å². The highest BCUT2D eigenvalue weighted by Gasteiger charge is 2.33. The van der Waals surface area contributed by atoms with Crippen LogP contribution in [0.1, 0.15) is 5.56 Å². The average molecular weight is 380 g/mol. The molecule has 2 heterocycles. The molecule has 0 atom stereocenters. The zero-order valence-electron chi connectivity index (χ0n) is 14.3. The number of hydrogen-bond acceptors (Lipinski definition) is 4. The van der Waals surface area contributed by atoms with Crippen LogP contribution in [0.5, 0.6) is 5.75 Å². The molecule has 2 aromatic carbocycles. The van der Waals surface area contributed by atoms with E-state index >= 15 is 0 Å². The summed E-state index contributed by atoms with van der Waals surface area (Å²) in [5, 5.41) is 1.12. The molecular formula is C20H16N2O2S2. The lowest BCUT2D eigenvalue weighted by Gasteiger charge is -2.14. The molecule has 1 aliphatic rings. The van der Waals surface area contributed by atoms with Crippen molar-refractivity contribution in [1.82, 2.24) is 4.57 Å². The number of benzene rings is 2. The van der Waals surface area contributed by atoms with E-state index in [1.165, 1.54) is 11.8 Å². The Balaban J connectivity index is 1.71. The maximum atomic E-state index is 12.9. The molecule has 1 amide bonds. The number of fused-ring (bicyclic) bond motifs is 1. The molecular weight excluding hydrogens is 364 g/mol. The van der Waals surface area contributed by atoms with Crippen molar-refractivity contribution in [3.05, 3.63) is 65.2 Å². The van der Waals surface area contributed by atoms with Gasteiger partial charge in [-0.3, -0.25) is 9.69 Å². The molecule has 0 aliphatic carbocycles. The number of rotatable bonds is 3. The molecule has 1 aliphatic heterocycles. The number of aryl methyl sites for hydroxylation is 1. The van der Waals surface area contributed by atoms with Crippen molar-refractivity contribution in [2.24, 2.45) is 7.05 Å². The van der Waals surface area contributed by atoms with Gasteiger partial charge in [-0.25, -0.2) is 0 Å². The van der Waals surface area contributed by atoms with Crippen LogP contribution in [-0.4, -0.2) is 21.9 Å². The number of amides is 1. The summed E-state index contributed by atoms with van der Waals surface area (Å²) in [6.45, 7) is 0. The maximum Gasteiger partial charge on any atom is 0.270 e. The van der Waals surface area contributed by atoms with Crippen molar-refractivity contribution in [2.45, 2.75) is 0 Å². The SMILES string of the molecule is COc1ccc(N2C(=O)/C(=C\c3cn(C)c4ccccc34)SC2=S)cc1. The minimum absolute atomic E-state index is 0.0990. The molecule has 4 rings (SSSR count). The van der Waals surface area contributed by atoms with E-state index in [9.17, 15) is 4.79 Å². The maximum absolute atomic E-state index is 12.9. The Morgan fingerprint density at radius 2 is 1.85 bits per heavy atom. The van der Waals surface area contributed by atoms with Gasteiger partial charge in [-0.2, -0.15) is 0 Å². The Morgan fingerprint density at radius 1 is 1.12 bits per heavy atom. The Kier molecular flexibility index (Phi) is 4.30. The number of hydrogen-bond donors (Lipinski definition) is 0. The smallest absolute Gasteiger partial charge is 0.270 e. The van der Waals surface area contributed by atoms with E-state index in [1.54, 1.807) is 12.0 Å². The number of methoxy groups -OCH3 is 1. The van der Waals surface area contributed by atoms with Crippen molar-refractivity contribution in [1.29, 1.82) is 0 Å². The third kappa shape index (κ3) is 2.81. The summed E-state index contributed by atoms with van der Waals surface area (Å²) in [4.78, 5) is 15.1. The predicted molar refractivity (Wildman–Crippen MR) is 112 cm³/mol. The second-order valence-corrected chi connectivity index (χ2v) is 7.60. The van der Waals surface area contributed by atoms with Gasteiger partial charge in [0, 0.05) is 29.7 Å². The number of para-hydroxylation sites is 1. The lowest BCUT2D eigenvalue weighted by atomic mass is 10.1. The summed E-state index contributed by atoms with van der Waals surface area (Å²) in [6, 6.07) is 15.5. The van der Waals surface area contributed by atoms with Crippen LogP contribution >= 0.6 is 24.0 Å². The van der Waals surface area contributed by atoms with E-state index in [-0.39, 0.29) is 5.91 Å². The molecule has 0 bridgehead atoms. The number of carbonyl (C=O) groups is 1. The molecule has 0 spiro atoms. The van der Waals surface area contributed by atoms with Crippen LogP contribution in [0.3, 0.4) is 0 Å². The summed E-state index contributed by atoms with van der Waals surface area (Å²) >= 11 is 6.77. The fourth-order valence-corrected chi connectivity index (χ4v) is 4.34. The molecule has 0 radical (unpaired) electrons. The Hall–Kier alpha value is -2.57. The Morgan fingerprint density at radius 3 is 2.58 bits per heavy atom. The molecule has 1 aromatic heterocycles. The Labute approximate surface area is 161 Å². The first-order valence-corrected chi connectivity index (χ1v) is 9.27. The molecule has 0 unspecified atom stereocenters. The van der Waals surface area contributed by atoms with Crippen LogP contribution in [0.4, 0.5) is 5.69 Å². The lowest BCUT2D eigenvalue weighted by molar-refractivity contribution is -0.113. The van der Waals surface area contributed by atoms with E-state index in [4.69, 9.17) is 17.0 Å². The highest BCUT2D eigenvalue weighted by molar-refractivity contribution is 8.27. The fraction of sp³-hybridized carbons (Fsp3) is 0.100. The zero-order valence-corrected chi connectivity index (χ0v) is 15.9. The van der Waals surface area contributed by atoms with E-state index in [0.29, 0.717) is 9.23 Å². The summed E-state index contributed by atoms with van der Waals surface area (Å²) < 4.78 is 7.77. The van der Waals surface area contributed by atoms with Crippen molar-refractivity contribution in [3.8, 4) is 5.75 Å². The number of aromatic nitrogens is 1. The van der Waals surface area contributed by atoms with Crippen LogP contribution in [0.15, 0.2) is 59.6 Å². The van der Waals surface area contributed by atoms with Crippen molar-refractivity contribution < 1.29 is 9.53 Å². The number of anilines is 1. The molecule has 6 heteroatoms. The lowest BCUT2D eigenvalue weighted by Crippen LogP contribution is -2.27. The highest BCUT2D eigenvalue weighted by Crippen LogP contribution is 2.37. The summed E-state index contributed by atoms with van der Waals surface area (Å²) in [7, 11) is 3.61.